The highest BCUT2D eigenvalue weighted by molar-refractivity contribution is 7.99. The molecule has 3 atom stereocenters. The lowest BCUT2D eigenvalue weighted by Gasteiger charge is -2.38. The van der Waals surface area contributed by atoms with Crippen molar-refractivity contribution in [1.82, 2.24) is 5.32 Å². The third-order valence-electron chi connectivity index (χ3n) is 2.91. The Morgan fingerprint density at radius 1 is 1.45 bits per heavy atom. The number of thioether (sulfide) groups is 1. The van der Waals surface area contributed by atoms with E-state index in [0.29, 0.717) is 0 Å². The summed E-state index contributed by atoms with van der Waals surface area (Å²) in [5, 5.41) is 4.53. The second kappa shape index (κ2) is 3.36. The quantitative estimate of drug-likeness (QED) is 0.597. The molecule has 64 valence electrons. The molecule has 3 unspecified atom stereocenters. The summed E-state index contributed by atoms with van der Waals surface area (Å²) in [6.45, 7) is 3.62. The molecule has 2 aliphatic heterocycles. The Hall–Kier alpha value is 0.310. The summed E-state index contributed by atoms with van der Waals surface area (Å²) < 4.78 is 0. The molecule has 2 heterocycles. The second-order valence-corrected chi connectivity index (χ2v) is 5.31. The summed E-state index contributed by atoms with van der Waals surface area (Å²) in [5.41, 5.74) is 0. The van der Waals surface area contributed by atoms with Gasteiger partial charge in [-0.3, -0.25) is 0 Å². The maximum atomic E-state index is 3.64. The Balaban J connectivity index is 1.93. The molecule has 0 aromatic heterocycles. The van der Waals surface area contributed by atoms with E-state index < -0.39 is 0 Å². The van der Waals surface area contributed by atoms with Crippen molar-refractivity contribution in [3.8, 4) is 0 Å². The van der Waals surface area contributed by atoms with Crippen molar-refractivity contribution in [2.24, 2.45) is 5.92 Å². The third-order valence-corrected chi connectivity index (χ3v) is 4.29. The second-order valence-electron chi connectivity index (χ2n) is 3.84. The lowest BCUT2D eigenvalue weighted by atomic mass is 9.89. The van der Waals surface area contributed by atoms with Crippen molar-refractivity contribution in [2.45, 2.75) is 37.5 Å². The van der Waals surface area contributed by atoms with Gasteiger partial charge < -0.3 is 5.32 Å². The van der Waals surface area contributed by atoms with Gasteiger partial charge in [-0.05, 0) is 37.5 Å². The maximum Gasteiger partial charge on any atom is 0.0114 e. The number of rotatable bonds is 0. The van der Waals surface area contributed by atoms with Crippen molar-refractivity contribution in [2.75, 3.05) is 12.3 Å². The highest BCUT2D eigenvalue weighted by Crippen LogP contribution is 2.33. The number of hydrogen-bond donors (Lipinski definition) is 1. The zero-order valence-electron chi connectivity index (χ0n) is 7.18. The van der Waals surface area contributed by atoms with E-state index in [4.69, 9.17) is 0 Å². The summed E-state index contributed by atoms with van der Waals surface area (Å²) >= 11 is 2.16. The molecule has 0 amide bonds. The van der Waals surface area contributed by atoms with Gasteiger partial charge in [0, 0.05) is 11.3 Å². The molecule has 2 fully saturated rings. The van der Waals surface area contributed by atoms with Crippen LogP contribution in [-0.2, 0) is 0 Å². The Labute approximate surface area is 73.3 Å². The Bertz CT molecular complexity index is 138. The van der Waals surface area contributed by atoms with Gasteiger partial charge in [0.05, 0.1) is 0 Å². The first kappa shape index (κ1) is 7.93. The van der Waals surface area contributed by atoms with Gasteiger partial charge in [-0.2, -0.15) is 11.8 Å². The zero-order valence-corrected chi connectivity index (χ0v) is 7.99. The summed E-state index contributed by atoms with van der Waals surface area (Å²) in [4.78, 5) is 0. The van der Waals surface area contributed by atoms with Gasteiger partial charge in [-0.15, -0.1) is 0 Å². The van der Waals surface area contributed by atoms with Crippen LogP contribution in [0.1, 0.15) is 26.2 Å². The Morgan fingerprint density at radius 2 is 2.36 bits per heavy atom. The lowest BCUT2D eigenvalue weighted by molar-refractivity contribution is 0.283. The molecule has 0 spiro atoms. The molecular weight excluding hydrogens is 154 g/mol. The van der Waals surface area contributed by atoms with Gasteiger partial charge in [0.2, 0.25) is 0 Å². The van der Waals surface area contributed by atoms with Crippen LogP contribution in [0.2, 0.25) is 0 Å². The van der Waals surface area contributed by atoms with Gasteiger partial charge in [0.15, 0.2) is 0 Å². The minimum Gasteiger partial charge on any atom is -0.314 e. The predicted molar refractivity (Wildman–Crippen MR) is 51.1 cm³/mol. The highest BCUT2D eigenvalue weighted by Gasteiger charge is 2.30. The monoisotopic (exact) mass is 171 g/mol. The molecule has 2 heteroatoms. The molecule has 11 heavy (non-hydrogen) atoms. The average Bonchev–Trinajstić information content (AvgIpc) is 2.04. The molecule has 0 bridgehead atoms. The average molecular weight is 171 g/mol. The molecule has 0 aromatic rings. The van der Waals surface area contributed by atoms with Gasteiger partial charge in [0.1, 0.15) is 0 Å². The van der Waals surface area contributed by atoms with Crippen LogP contribution in [0.5, 0.6) is 0 Å². The van der Waals surface area contributed by atoms with E-state index in [-0.39, 0.29) is 0 Å². The standard InChI is InChI=1S/C9H17NS/c1-7-5-9-8(6-11-7)3-2-4-10-9/h7-10H,2-6H2,1H3. The van der Waals surface area contributed by atoms with Crippen LogP contribution in [0.25, 0.3) is 0 Å². The highest BCUT2D eigenvalue weighted by atomic mass is 32.2. The third kappa shape index (κ3) is 1.73. The van der Waals surface area contributed by atoms with Crippen LogP contribution in [0, 0.1) is 5.92 Å². The SMILES string of the molecule is CC1CC2NCCCC2CS1. The fraction of sp³-hybridized carbons (Fsp3) is 1.00. The normalized spacial score (nSPS) is 45.0. The Morgan fingerprint density at radius 3 is 3.27 bits per heavy atom. The van der Waals surface area contributed by atoms with Crippen LogP contribution in [0.4, 0.5) is 0 Å². The predicted octanol–water partition coefficient (Wildman–Crippen LogP) is 1.88. The molecule has 0 radical (unpaired) electrons. The van der Waals surface area contributed by atoms with E-state index >= 15 is 0 Å². The molecule has 2 aliphatic rings. The maximum absolute atomic E-state index is 3.64. The smallest absolute Gasteiger partial charge is 0.0114 e. The summed E-state index contributed by atoms with van der Waals surface area (Å²) in [6.07, 6.45) is 4.27. The van der Waals surface area contributed by atoms with Crippen LogP contribution in [0.3, 0.4) is 0 Å². The number of nitrogens with one attached hydrogen (secondary N) is 1. The zero-order chi connectivity index (χ0) is 7.68. The van der Waals surface area contributed by atoms with Crippen molar-refractivity contribution < 1.29 is 0 Å². The number of fused-ring (bicyclic) bond motifs is 1. The topological polar surface area (TPSA) is 12.0 Å². The van der Waals surface area contributed by atoms with E-state index in [1.54, 1.807) is 0 Å². The molecule has 2 rings (SSSR count). The van der Waals surface area contributed by atoms with Crippen molar-refractivity contribution >= 4 is 11.8 Å². The summed E-state index contributed by atoms with van der Waals surface area (Å²) in [7, 11) is 0. The number of hydrogen-bond acceptors (Lipinski definition) is 2. The molecule has 0 aliphatic carbocycles. The first-order chi connectivity index (χ1) is 5.36. The molecule has 1 N–H and O–H groups in total. The van der Waals surface area contributed by atoms with E-state index in [9.17, 15) is 0 Å². The molecule has 0 aromatic carbocycles. The summed E-state index contributed by atoms with van der Waals surface area (Å²) in [5.74, 6) is 2.39. The Kier molecular flexibility index (Phi) is 2.42. The van der Waals surface area contributed by atoms with Crippen LogP contribution in [-0.4, -0.2) is 23.6 Å². The van der Waals surface area contributed by atoms with Crippen molar-refractivity contribution in [3.63, 3.8) is 0 Å². The van der Waals surface area contributed by atoms with E-state index in [0.717, 1.165) is 17.2 Å². The van der Waals surface area contributed by atoms with E-state index in [1.807, 2.05) is 0 Å². The fourth-order valence-corrected chi connectivity index (χ4v) is 3.53. The molecule has 1 nitrogen and oxygen atoms in total. The van der Waals surface area contributed by atoms with Gasteiger partial charge >= 0.3 is 0 Å². The van der Waals surface area contributed by atoms with Crippen molar-refractivity contribution in [3.05, 3.63) is 0 Å². The fourth-order valence-electron chi connectivity index (χ4n) is 2.21. The van der Waals surface area contributed by atoms with Gasteiger partial charge in [-0.1, -0.05) is 6.92 Å². The molecule has 2 saturated heterocycles. The summed E-state index contributed by atoms with van der Waals surface area (Å²) in [6, 6.07) is 0.861. The first-order valence-corrected chi connectivity index (χ1v) is 5.76. The first-order valence-electron chi connectivity index (χ1n) is 4.71. The molecule has 0 saturated carbocycles. The minimum absolute atomic E-state index is 0.861. The van der Waals surface area contributed by atoms with E-state index in [2.05, 4.69) is 24.0 Å². The minimum atomic E-state index is 0.861. The van der Waals surface area contributed by atoms with Crippen molar-refractivity contribution in [1.29, 1.82) is 0 Å². The number of piperidine rings is 1. The molecular formula is C9H17NS. The van der Waals surface area contributed by atoms with Crippen LogP contribution in [0.15, 0.2) is 0 Å². The van der Waals surface area contributed by atoms with Crippen LogP contribution >= 0.6 is 11.8 Å². The largest absolute Gasteiger partial charge is 0.314 e. The van der Waals surface area contributed by atoms with Gasteiger partial charge in [-0.25, -0.2) is 0 Å². The van der Waals surface area contributed by atoms with E-state index in [1.165, 1.54) is 31.6 Å². The van der Waals surface area contributed by atoms with Crippen LogP contribution < -0.4 is 5.32 Å². The van der Waals surface area contributed by atoms with Gasteiger partial charge in [0.25, 0.3) is 0 Å². The lowest BCUT2D eigenvalue weighted by Crippen LogP contribution is -2.46.